The van der Waals surface area contributed by atoms with Gasteiger partial charge in [-0.05, 0) is 12.5 Å². The van der Waals surface area contributed by atoms with Crippen LogP contribution in [0, 0.1) is 0 Å². The predicted molar refractivity (Wildman–Crippen MR) is 63.8 cm³/mol. The highest BCUT2D eigenvalue weighted by Gasteiger charge is 2.06. The van der Waals surface area contributed by atoms with Crippen LogP contribution < -0.4 is 0 Å². The lowest BCUT2D eigenvalue weighted by molar-refractivity contribution is -0.107. The molecule has 78 valence electrons. The van der Waals surface area contributed by atoms with Crippen molar-refractivity contribution in [3.05, 3.63) is 60.2 Å². The number of carbonyl (C=O) groups excluding carboxylic acids is 1. The number of aldehydes is 1. The van der Waals surface area contributed by atoms with Gasteiger partial charge in [0.15, 0.2) is 0 Å². The summed E-state index contributed by atoms with van der Waals surface area (Å²) < 4.78 is 0. The lowest BCUT2D eigenvalue weighted by atomic mass is 9.92. The monoisotopic (exact) mass is 200 g/mol. The Morgan fingerprint density at radius 2 is 2.07 bits per heavy atom. The average Bonchev–Trinajstić information content (AvgIpc) is 2.25. The second-order valence-corrected chi connectivity index (χ2v) is 3.57. The molecule has 1 unspecified atom stereocenters. The van der Waals surface area contributed by atoms with E-state index in [4.69, 9.17) is 0 Å². The second-order valence-electron chi connectivity index (χ2n) is 3.57. The number of hydrogen-bond acceptors (Lipinski definition) is 1. The SMILES string of the molecule is C=C(C)C(/C=C/CC=O)c1ccccc1. The van der Waals surface area contributed by atoms with E-state index in [0.717, 1.165) is 11.9 Å². The van der Waals surface area contributed by atoms with Crippen molar-refractivity contribution in [1.29, 1.82) is 0 Å². The molecule has 0 spiro atoms. The minimum absolute atomic E-state index is 0.214. The standard InChI is InChI=1S/C14H16O/c1-12(2)14(10-6-7-11-15)13-8-4-3-5-9-13/h3-6,8-11,14H,1,7H2,2H3/b10-6+. The number of benzene rings is 1. The first-order valence-corrected chi connectivity index (χ1v) is 5.06. The Bertz CT molecular complexity index is 349. The number of carbonyl (C=O) groups is 1. The third-order valence-electron chi connectivity index (χ3n) is 2.25. The van der Waals surface area contributed by atoms with E-state index in [9.17, 15) is 4.79 Å². The zero-order valence-corrected chi connectivity index (χ0v) is 9.02. The molecule has 0 aliphatic heterocycles. The van der Waals surface area contributed by atoms with Gasteiger partial charge < -0.3 is 4.79 Å². The fourth-order valence-corrected chi connectivity index (χ4v) is 1.49. The van der Waals surface area contributed by atoms with Crippen LogP contribution in [0.1, 0.15) is 24.8 Å². The van der Waals surface area contributed by atoms with E-state index in [1.807, 2.05) is 37.3 Å². The van der Waals surface area contributed by atoms with Crippen LogP contribution in [-0.4, -0.2) is 6.29 Å². The van der Waals surface area contributed by atoms with Gasteiger partial charge >= 0.3 is 0 Å². The van der Waals surface area contributed by atoms with E-state index in [-0.39, 0.29) is 5.92 Å². The Labute approximate surface area is 91.1 Å². The van der Waals surface area contributed by atoms with Crippen LogP contribution >= 0.6 is 0 Å². The summed E-state index contributed by atoms with van der Waals surface area (Å²) in [4.78, 5) is 10.2. The van der Waals surface area contributed by atoms with Crippen molar-refractivity contribution < 1.29 is 4.79 Å². The topological polar surface area (TPSA) is 17.1 Å². The van der Waals surface area contributed by atoms with Crippen molar-refractivity contribution in [2.75, 3.05) is 0 Å². The Kier molecular flexibility index (Phi) is 4.55. The van der Waals surface area contributed by atoms with Gasteiger partial charge in [0, 0.05) is 12.3 Å². The molecule has 1 nitrogen and oxygen atoms in total. The zero-order valence-electron chi connectivity index (χ0n) is 9.02. The highest BCUT2D eigenvalue weighted by Crippen LogP contribution is 2.24. The van der Waals surface area contributed by atoms with Gasteiger partial charge in [-0.25, -0.2) is 0 Å². The number of allylic oxidation sites excluding steroid dienone is 3. The Morgan fingerprint density at radius 1 is 1.40 bits per heavy atom. The highest BCUT2D eigenvalue weighted by atomic mass is 16.1. The van der Waals surface area contributed by atoms with Gasteiger partial charge in [0.2, 0.25) is 0 Å². The van der Waals surface area contributed by atoms with E-state index in [0.29, 0.717) is 6.42 Å². The van der Waals surface area contributed by atoms with E-state index in [1.165, 1.54) is 5.56 Å². The molecule has 0 aromatic heterocycles. The van der Waals surface area contributed by atoms with Crippen LogP contribution in [0.25, 0.3) is 0 Å². The second kappa shape index (κ2) is 5.97. The smallest absolute Gasteiger partial charge is 0.123 e. The molecule has 0 aliphatic rings. The predicted octanol–water partition coefficient (Wildman–Crippen LogP) is 3.49. The first-order chi connectivity index (χ1) is 7.25. The molecule has 0 bridgehead atoms. The van der Waals surface area contributed by atoms with Gasteiger partial charge in [0.05, 0.1) is 0 Å². The maximum atomic E-state index is 10.2. The molecule has 1 aromatic rings. The fraction of sp³-hybridized carbons (Fsp3) is 0.214. The van der Waals surface area contributed by atoms with Crippen molar-refractivity contribution in [2.24, 2.45) is 0 Å². The maximum Gasteiger partial charge on any atom is 0.123 e. The molecule has 0 heterocycles. The molecule has 0 aliphatic carbocycles. The van der Waals surface area contributed by atoms with Crippen LogP contribution in [-0.2, 0) is 4.79 Å². The van der Waals surface area contributed by atoms with Crippen LogP contribution in [0.15, 0.2) is 54.6 Å². The van der Waals surface area contributed by atoms with E-state index in [2.05, 4.69) is 18.7 Å². The highest BCUT2D eigenvalue weighted by molar-refractivity contribution is 5.52. The normalized spacial score (nSPS) is 12.6. The average molecular weight is 200 g/mol. The van der Waals surface area contributed by atoms with Gasteiger partial charge in [0.25, 0.3) is 0 Å². The molecule has 0 N–H and O–H groups in total. The molecule has 0 radical (unpaired) electrons. The summed E-state index contributed by atoms with van der Waals surface area (Å²) in [7, 11) is 0. The van der Waals surface area contributed by atoms with Crippen LogP contribution in [0.4, 0.5) is 0 Å². The Hall–Kier alpha value is -1.63. The largest absolute Gasteiger partial charge is 0.303 e. The molecule has 1 atom stereocenters. The minimum Gasteiger partial charge on any atom is -0.303 e. The van der Waals surface area contributed by atoms with Gasteiger partial charge in [-0.1, -0.05) is 54.6 Å². The summed E-state index contributed by atoms with van der Waals surface area (Å²) >= 11 is 0. The summed E-state index contributed by atoms with van der Waals surface area (Å²) in [6.45, 7) is 5.97. The first kappa shape index (κ1) is 11.4. The quantitative estimate of drug-likeness (QED) is 0.525. The van der Waals surface area contributed by atoms with Gasteiger partial charge in [-0.2, -0.15) is 0 Å². The van der Waals surface area contributed by atoms with Crippen LogP contribution in [0.5, 0.6) is 0 Å². The van der Waals surface area contributed by atoms with Crippen molar-refractivity contribution in [2.45, 2.75) is 19.3 Å². The molecule has 0 fully saturated rings. The molecular weight excluding hydrogens is 184 g/mol. The van der Waals surface area contributed by atoms with Crippen molar-refractivity contribution in [3.63, 3.8) is 0 Å². The summed E-state index contributed by atoms with van der Waals surface area (Å²) in [5.41, 5.74) is 2.30. The maximum absolute atomic E-state index is 10.2. The Balaban J connectivity index is 2.84. The summed E-state index contributed by atoms with van der Waals surface area (Å²) in [5, 5.41) is 0. The molecule has 0 saturated carbocycles. The van der Waals surface area contributed by atoms with Gasteiger partial charge in [-0.3, -0.25) is 0 Å². The van der Waals surface area contributed by atoms with Crippen molar-refractivity contribution in [3.8, 4) is 0 Å². The van der Waals surface area contributed by atoms with Gasteiger partial charge in [0.1, 0.15) is 6.29 Å². The molecule has 1 rings (SSSR count). The molecule has 1 heteroatoms. The molecular formula is C14H16O. The molecule has 0 saturated heterocycles. The third-order valence-corrected chi connectivity index (χ3v) is 2.25. The third kappa shape index (κ3) is 3.55. The number of rotatable bonds is 5. The van der Waals surface area contributed by atoms with Gasteiger partial charge in [-0.15, -0.1) is 0 Å². The first-order valence-electron chi connectivity index (χ1n) is 5.06. The molecule has 15 heavy (non-hydrogen) atoms. The Morgan fingerprint density at radius 3 is 2.60 bits per heavy atom. The van der Waals surface area contributed by atoms with E-state index < -0.39 is 0 Å². The fourth-order valence-electron chi connectivity index (χ4n) is 1.49. The summed E-state index contributed by atoms with van der Waals surface area (Å²) in [6.07, 6.45) is 5.29. The van der Waals surface area contributed by atoms with E-state index >= 15 is 0 Å². The van der Waals surface area contributed by atoms with Crippen LogP contribution in [0.3, 0.4) is 0 Å². The van der Waals surface area contributed by atoms with E-state index in [1.54, 1.807) is 0 Å². The minimum atomic E-state index is 0.214. The molecule has 0 amide bonds. The van der Waals surface area contributed by atoms with Crippen molar-refractivity contribution >= 4 is 6.29 Å². The zero-order chi connectivity index (χ0) is 11.1. The number of hydrogen-bond donors (Lipinski definition) is 0. The van der Waals surface area contributed by atoms with Crippen molar-refractivity contribution in [1.82, 2.24) is 0 Å². The lowest BCUT2D eigenvalue weighted by Gasteiger charge is -2.12. The lowest BCUT2D eigenvalue weighted by Crippen LogP contribution is -1.95. The summed E-state index contributed by atoms with van der Waals surface area (Å²) in [5.74, 6) is 0.214. The molecule has 1 aromatic carbocycles. The van der Waals surface area contributed by atoms with Crippen LogP contribution in [0.2, 0.25) is 0 Å². The summed E-state index contributed by atoms with van der Waals surface area (Å²) in [6, 6.07) is 10.2.